The molecule has 0 aliphatic carbocycles. The maximum atomic E-state index is 9.76. The van der Waals surface area contributed by atoms with E-state index in [2.05, 4.69) is 51.4 Å². The summed E-state index contributed by atoms with van der Waals surface area (Å²) in [4.78, 5) is 8.41. The first-order valence-electron chi connectivity index (χ1n) is 14.1. The van der Waals surface area contributed by atoms with Crippen molar-refractivity contribution in [2.24, 2.45) is 21.7 Å². The van der Waals surface area contributed by atoms with Crippen LogP contribution in [0.1, 0.15) is 124 Å². The van der Waals surface area contributed by atoms with Gasteiger partial charge in [0.1, 0.15) is 0 Å². The van der Waals surface area contributed by atoms with E-state index < -0.39 is 12.2 Å². The van der Waals surface area contributed by atoms with Crippen molar-refractivity contribution in [3.63, 3.8) is 0 Å². The normalized spacial score (nSPS) is 18.0. The molecule has 256 valence electrons. The van der Waals surface area contributed by atoms with Gasteiger partial charge in [0, 0.05) is 6.42 Å². The summed E-state index contributed by atoms with van der Waals surface area (Å²) < 4.78 is 17.4. The fraction of sp³-hybridized carbons (Fsp3) is 0.771. The van der Waals surface area contributed by atoms with E-state index in [1.807, 2.05) is 51.4 Å². The molecule has 0 saturated carbocycles. The number of fused-ring (bicyclic) bond motifs is 1. The van der Waals surface area contributed by atoms with E-state index in [-0.39, 0.29) is 62.8 Å². The predicted molar refractivity (Wildman–Crippen MR) is 187 cm³/mol. The number of aliphatic hydroxyl groups is 3. The maximum absolute atomic E-state index is 9.76. The number of methoxy groups -OCH3 is 1. The number of aliphatic hydroxyl groups excluding tert-OH is 3. The van der Waals surface area contributed by atoms with Gasteiger partial charge in [-0.2, -0.15) is 0 Å². The van der Waals surface area contributed by atoms with E-state index in [4.69, 9.17) is 19.3 Å². The van der Waals surface area contributed by atoms with Gasteiger partial charge in [0.2, 0.25) is 0 Å². The molecule has 3 rings (SSSR count). The second-order valence-corrected chi connectivity index (χ2v) is 18.0. The van der Waals surface area contributed by atoms with Gasteiger partial charge in [-0.3, -0.25) is 0 Å². The molecule has 0 aromatic carbocycles. The Kier molecular flexibility index (Phi) is 20.7. The molecular formula is C35H68O6Se2. The minimum absolute atomic E-state index is 0. The van der Waals surface area contributed by atoms with Gasteiger partial charge in [0.25, 0.3) is 0 Å². The molecule has 1 aliphatic heterocycles. The summed E-state index contributed by atoms with van der Waals surface area (Å²) in [5.74, 6) is 2.79. The monoisotopic (exact) mass is 744 g/mol. The van der Waals surface area contributed by atoms with Gasteiger partial charge in [-0.25, -0.2) is 0 Å². The Morgan fingerprint density at radius 2 is 1.09 bits per heavy atom. The zero-order valence-electron chi connectivity index (χ0n) is 27.1. The molecule has 1 aliphatic rings. The van der Waals surface area contributed by atoms with Crippen LogP contribution in [-0.4, -0.2) is 75.9 Å². The van der Waals surface area contributed by atoms with Gasteiger partial charge in [0.15, 0.2) is 0 Å². The minimum atomic E-state index is -0.443. The van der Waals surface area contributed by atoms with Crippen molar-refractivity contribution >= 4 is 29.0 Å². The fourth-order valence-corrected chi connectivity index (χ4v) is 6.68. The van der Waals surface area contributed by atoms with Crippen molar-refractivity contribution in [1.82, 2.24) is 0 Å². The molecule has 0 fully saturated rings. The SMILES string of the molecule is C.C.C.CC(C)(C)C(O)CC(O)C(C)(C)C.CC(C)(C)C1CC(C(C)(C)C)Oc2c[se]cc2O1.COc1c[se]cc1CO. The van der Waals surface area contributed by atoms with Crippen LogP contribution in [0.25, 0.3) is 0 Å². The second kappa shape index (κ2) is 19.1. The van der Waals surface area contributed by atoms with E-state index >= 15 is 0 Å². The van der Waals surface area contributed by atoms with Crippen molar-refractivity contribution in [2.75, 3.05) is 7.11 Å². The van der Waals surface area contributed by atoms with E-state index in [0.29, 0.717) is 35.4 Å². The van der Waals surface area contributed by atoms with E-state index in [0.717, 1.165) is 29.2 Å². The summed E-state index contributed by atoms with van der Waals surface area (Å²) in [7, 11) is 1.62. The quantitative estimate of drug-likeness (QED) is 0.275. The number of rotatable bonds is 4. The standard InChI is InChI=1S/C15H24O2Se.C11H24O2.C6H8O2Se.3CH4/c1-14(2,3)12-7-13(15(4,5)6)17-11-9-18-8-10(11)16-12;1-10(2,3)8(12)7-9(13)11(4,5)6;1-8-6-4-9-3-5(6)2-7;;;/h8-9,12-13H,7H2,1-6H3;8-9,12-13H,7H2,1-6H3;3-4,7H,2H2,1H3;3*1H4. The fourth-order valence-electron chi connectivity index (χ4n) is 3.63. The van der Waals surface area contributed by atoms with Crippen LogP contribution < -0.4 is 14.2 Å². The number of ether oxygens (including phenoxy) is 3. The molecule has 8 heteroatoms. The molecule has 0 bridgehead atoms. The predicted octanol–water partition coefficient (Wildman–Crippen LogP) is 8.08. The zero-order valence-corrected chi connectivity index (χ0v) is 30.5. The molecule has 0 amide bonds. The summed E-state index contributed by atoms with van der Waals surface area (Å²) in [6.07, 6.45) is 0.950. The molecule has 3 heterocycles. The Hall–Kier alpha value is -0.721. The van der Waals surface area contributed by atoms with Gasteiger partial charge >= 0.3 is 176 Å². The zero-order chi connectivity index (χ0) is 31.1. The van der Waals surface area contributed by atoms with Gasteiger partial charge in [-0.1, -0.05) is 63.8 Å². The Bertz CT molecular complexity index is 913. The van der Waals surface area contributed by atoms with Crippen molar-refractivity contribution in [2.45, 2.75) is 149 Å². The van der Waals surface area contributed by atoms with Crippen LogP contribution in [0, 0.1) is 21.7 Å². The first-order chi connectivity index (χ1) is 18.1. The van der Waals surface area contributed by atoms with Gasteiger partial charge in [0.05, 0.1) is 12.2 Å². The Labute approximate surface area is 278 Å². The van der Waals surface area contributed by atoms with Gasteiger partial charge < -0.3 is 10.2 Å². The molecule has 0 radical (unpaired) electrons. The molecule has 0 saturated heterocycles. The molecule has 2 aromatic rings. The van der Waals surface area contributed by atoms with Crippen LogP contribution in [0.5, 0.6) is 17.2 Å². The van der Waals surface area contributed by atoms with Crippen LogP contribution in [0.4, 0.5) is 0 Å². The molecular weight excluding hydrogens is 674 g/mol. The molecule has 43 heavy (non-hydrogen) atoms. The number of hydrogen-bond acceptors (Lipinski definition) is 6. The van der Waals surface area contributed by atoms with E-state index in [1.54, 1.807) is 7.11 Å². The van der Waals surface area contributed by atoms with Crippen LogP contribution in [0.3, 0.4) is 0 Å². The summed E-state index contributed by atoms with van der Waals surface area (Å²) >= 11 is 0.802. The van der Waals surface area contributed by atoms with Crippen molar-refractivity contribution in [3.05, 3.63) is 25.3 Å². The van der Waals surface area contributed by atoms with E-state index in [1.165, 1.54) is 0 Å². The van der Waals surface area contributed by atoms with Gasteiger partial charge in [-0.15, -0.1) is 0 Å². The average molecular weight is 743 g/mol. The van der Waals surface area contributed by atoms with Crippen molar-refractivity contribution < 1.29 is 29.5 Å². The summed E-state index contributed by atoms with van der Waals surface area (Å²) in [5.41, 5.74) is 0.910. The molecule has 0 spiro atoms. The average Bonchev–Trinajstić information content (AvgIpc) is 3.41. The van der Waals surface area contributed by atoms with Crippen LogP contribution in [0.2, 0.25) is 0 Å². The van der Waals surface area contributed by atoms with Crippen LogP contribution in [0.15, 0.2) is 19.8 Å². The third kappa shape index (κ3) is 15.9. The summed E-state index contributed by atoms with van der Waals surface area (Å²) in [5, 5.41) is 28.2. The topological polar surface area (TPSA) is 88.4 Å². The molecule has 3 N–H and O–H groups in total. The van der Waals surface area contributed by atoms with E-state index in [9.17, 15) is 10.2 Å². The van der Waals surface area contributed by atoms with Gasteiger partial charge in [-0.05, 0) is 10.8 Å². The third-order valence-corrected chi connectivity index (χ3v) is 10.1. The van der Waals surface area contributed by atoms with Crippen LogP contribution in [-0.2, 0) is 6.61 Å². The molecule has 4 atom stereocenters. The van der Waals surface area contributed by atoms with Crippen molar-refractivity contribution in [1.29, 1.82) is 0 Å². The number of hydrogen-bond donors (Lipinski definition) is 3. The Balaban J connectivity index is -0.000000570. The first-order valence-corrected chi connectivity index (χ1v) is 18.0. The first kappa shape index (κ1) is 46.7. The summed E-state index contributed by atoms with van der Waals surface area (Å²) in [6, 6.07) is 0. The molecule has 6 nitrogen and oxygen atoms in total. The van der Waals surface area contributed by atoms with Crippen LogP contribution >= 0.6 is 0 Å². The third-order valence-electron chi connectivity index (χ3n) is 7.03. The summed E-state index contributed by atoms with van der Waals surface area (Å²) in [6.45, 7) is 25.4. The van der Waals surface area contributed by atoms with Crippen molar-refractivity contribution in [3.8, 4) is 17.2 Å². The Morgan fingerprint density at radius 1 is 0.721 bits per heavy atom. The Morgan fingerprint density at radius 3 is 1.37 bits per heavy atom. The second-order valence-electron chi connectivity index (χ2n) is 14.9. The molecule has 4 unspecified atom stereocenters. The molecule has 2 aromatic heterocycles.